The molecule has 0 aliphatic carbocycles. The standard InChI is InChI=1S/C19H25N3O2/c1-2-24-19(23)8-5-11-22-14-16(9-12-21-13-10-20-15-21)17-6-3-4-7-18(17)22/h3-4,6-7,10,13,15-16H,2,5,8-9,11-12,14H2,1H3. The van der Waals surface area contributed by atoms with Gasteiger partial charge in [-0.2, -0.15) is 0 Å². The fourth-order valence-electron chi connectivity index (χ4n) is 3.41. The maximum Gasteiger partial charge on any atom is 0.305 e. The third kappa shape index (κ3) is 3.96. The number of rotatable bonds is 8. The normalized spacial score (nSPS) is 16.2. The molecule has 0 saturated carbocycles. The predicted octanol–water partition coefficient (Wildman–Crippen LogP) is 3.22. The number of anilines is 1. The lowest BCUT2D eigenvalue weighted by molar-refractivity contribution is -0.143. The number of benzene rings is 1. The van der Waals surface area contributed by atoms with Crippen LogP contribution in [0.3, 0.4) is 0 Å². The second-order valence-electron chi connectivity index (χ2n) is 6.20. The average molecular weight is 327 g/mol. The highest BCUT2D eigenvalue weighted by Crippen LogP contribution is 2.38. The molecule has 24 heavy (non-hydrogen) atoms. The maximum atomic E-state index is 11.5. The van der Waals surface area contributed by atoms with Crippen LogP contribution < -0.4 is 4.90 Å². The van der Waals surface area contributed by atoms with Crippen molar-refractivity contribution in [2.24, 2.45) is 0 Å². The fourth-order valence-corrected chi connectivity index (χ4v) is 3.41. The van der Waals surface area contributed by atoms with Crippen molar-refractivity contribution in [2.75, 3.05) is 24.6 Å². The summed E-state index contributed by atoms with van der Waals surface area (Å²) < 4.78 is 7.14. The lowest BCUT2D eigenvalue weighted by Gasteiger charge is -2.19. The van der Waals surface area contributed by atoms with E-state index in [1.54, 1.807) is 0 Å². The van der Waals surface area contributed by atoms with Gasteiger partial charge in [-0.3, -0.25) is 4.79 Å². The molecule has 0 saturated heterocycles. The van der Waals surface area contributed by atoms with Crippen LogP contribution in [-0.2, 0) is 16.1 Å². The number of aryl methyl sites for hydroxylation is 1. The summed E-state index contributed by atoms with van der Waals surface area (Å²) in [4.78, 5) is 18.0. The smallest absolute Gasteiger partial charge is 0.305 e. The number of carbonyl (C=O) groups excluding carboxylic acids is 1. The SMILES string of the molecule is CCOC(=O)CCCN1CC(CCn2ccnc2)c2ccccc21. The largest absolute Gasteiger partial charge is 0.466 e. The summed E-state index contributed by atoms with van der Waals surface area (Å²) in [6.45, 7) is 5.21. The van der Waals surface area contributed by atoms with Gasteiger partial charge in [0.25, 0.3) is 0 Å². The monoisotopic (exact) mass is 327 g/mol. The van der Waals surface area contributed by atoms with E-state index in [9.17, 15) is 4.79 Å². The molecule has 5 heteroatoms. The van der Waals surface area contributed by atoms with Crippen molar-refractivity contribution in [3.05, 3.63) is 48.5 Å². The van der Waals surface area contributed by atoms with Crippen molar-refractivity contribution >= 4 is 11.7 Å². The zero-order chi connectivity index (χ0) is 16.8. The number of carbonyl (C=O) groups is 1. The molecule has 1 aromatic heterocycles. The van der Waals surface area contributed by atoms with E-state index < -0.39 is 0 Å². The number of imidazole rings is 1. The first-order valence-electron chi connectivity index (χ1n) is 8.73. The molecule has 5 nitrogen and oxygen atoms in total. The molecule has 0 bridgehead atoms. The predicted molar refractivity (Wildman–Crippen MR) is 94.1 cm³/mol. The van der Waals surface area contributed by atoms with Crippen molar-refractivity contribution in [2.45, 2.75) is 38.6 Å². The summed E-state index contributed by atoms with van der Waals surface area (Å²) in [7, 11) is 0. The lowest BCUT2D eigenvalue weighted by Crippen LogP contribution is -2.24. The van der Waals surface area contributed by atoms with Crippen molar-refractivity contribution in [3.8, 4) is 0 Å². The van der Waals surface area contributed by atoms with Gasteiger partial charge in [0, 0.05) is 50.1 Å². The molecule has 0 fully saturated rings. The van der Waals surface area contributed by atoms with Gasteiger partial charge in [0.05, 0.1) is 12.9 Å². The van der Waals surface area contributed by atoms with Crippen LogP contribution in [0.5, 0.6) is 0 Å². The number of hydrogen-bond donors (Lipinski definition) is 0. The van der Waals surface area contributed by atoms with Gasteiger partial charge in [-0.1, -0.05) is 18.2 Å². The van der Waals surface area contributed by atoms with Crippen LogP contribution >= 0.6 is 0 Å². The van der Waals surface area contributed by atoms with Crippen LogP contribution in [0.25, 0.3) is 0 Å². The van der Waals surface area contributed by atoms with Crippen LogP contribution in [0.4, 0.5) is 5.69 Å². The number of fused-ring (bicyclic) bond motifs is 1. The minimum absolute atomic E-state index is 0.0957. The number of esters is 1. The van der Waals surface area contributed by atoms with Gasteiger partial charge in [-0.05, 0) is 31.4 Å². The Labute approximate surface area is 143 Å². The van der Waals surface area contributed by atoms with E-state index in [0.29, 0.717) is 18.9 Å². The van der Waals surface area contributed by atoms with E-state index >= 15 is 0 Å². The molecule has 1 unspecified atom stereocenters. The Morgan fingerprint density at radius 3 is 3.00 bits per heavy atom. The first kappa shape index (κ1) is 16.6. The van der Waals surface area contributed by atoms with Crippen LogP contribution in [0.1, 0.15) is 37.7 Å². The maximum absolute atomic E-state index is 11.5. The highest BCUT2D eigenvalue weighted by atomic mass is 16.5. The van der Waals surface area contributed by atoms with Crippen molar-refractivity contribution < 1.29 is 9.53 Å². The van der Waals surface area contributed by atoms with Crippen LogP contribution in [0, 0.1) is 0 Å². The van der Waals surface area contributed by atoms with E-state index in [4.69, 9.17) is 4.74 Å². The van der Waals surface area contributed by atoms with Gasteiger partial charge >= 0.3 is 5.97 Å². The minimum Gasteiger partial charge on any atom is -0.466 e. The fraction of sp³-hybridized carbons (Fsp3) is 0.474. The van der Waals surface area contributed by atoms with Crippen molar-refractivity contribution in [1.82, 2.24) is 9.55 Å². The topological polar surface area (TPSA) is 47.4 Å². The molecule has 0 N–H and O–H groups in total. The summed E-state index contributed by atoms with van der Waals surface area (Å²) >= 11 is 0. The molecule has 2 aromatic rings. The summed E-state index contributed by atoms with van der Waals surface area (Å²) in [5.74, 6) is 0.438. The second kappa shape index (κ2) is 7.99. The van der Waals surface area contributed by atoms with Crippen molar-refractivity contribution in [1.29, 1.82) is 0 Å². The van der Waals surface area contributed by atoms with E-state index in [-0.39, 0.29) is 5.97 Å². The van der Waals surface area contributed by atoms with Gasteiger partial charge in [-0.15, -0.1) is 0 Å². The quantitative estimate of drug-likeness (QED) is 0.699. The van der Waals surface area contributed by atoms with E-state index in [0.717, 1.165) is 32.5 Å². The third-order valence-corrected chi connectivity index (χ3v) is 4.57. The number of nitrogens with zero attached hydrogens (tertiary/aromatic N) is 3. The number of ether oxygens (including phenoxy) is 1. The zero-order valence-electron chi connectivity index (χ0n) is 14.2. The number of para-hydroxylation sites is 1. The molecule has 1 aliphatic heterocycles. The van der Waals surface area contributed by atoms with Gasteiger partial charge in [0.2, 0.25) is 0 Å². The van der Waals surface area contributed by atoms with E-state index in [1.807, 2.05) is 25.6 Å². The molecule has 2 heterocycles. The lowest BCUT2D eigenvalue weighted by atomic mass is 9.98. The molecule has 1 aliphatic rings. The Hall–Kier alpha value is -2.30. The highest BCUT2D eigenvalue weighted by Gasteiger charge is 2.27. The second-order valence-corrected chi connectivity index (χ2v) is 6.20. The molecule has 128 valence electrons. The number of aromatic nitrogens is 2. The molecule has 0 spiro atoms. The van der Waals surface area contributed by atoms with E-state index in [1.165, 1.54) is 11.3 Å². The Bertz CT molecular complexity index is 654. The highest BCUT2D eigenvalue weighted by molar-refractivity contribution is 5.69. The molecular formula is C19H25N3O2. The first-order chi connectivity index (χ1) is 11.8. The van der Waals surface area contributed by atoms with Gasteiger partial charge in [0.1, 0.15) is 0 Å². The Morgan fingerprint density at radius 1 is 1.33 bits per heavy atom. The van der Waals surface area contributed by atoms with E-state index in [2.05, 4.69) is 38.7 Å². The summed E-state index contributed by atoms with van der Waals surface area (Å²) in [5, 5.41) is 0. The molecular weight excluding hydrogens is 302 g/mol. The summed E-state index contributed by atoms with van der Waals surface area (Å²) in [6.07, 6.45) is 8.13. The Kier molecular flexibility index (Phi) is 5.51. The zero-order valence-corrected chi connectivity index (χ0v) is 14.2. The first-order valence-corrected chi connectivity index (χ1v) is 8.73. The van der Waals surface area contributed by atoms with Crippen LogP contribution in [-0.4, -0.2) is 35.2 Å². The van der Waals surface area contributed by atoms with Gasteiger partial charge in [0.15, 0.2) is 0 Å². The molecule has 1 atom stereocenters. The summed E-state index contributed by atoms with van der Waals surface area (Å²) in [6, 6.07) is 8.64. The minimum atomic E-state index is -0.0957. The van der Waals surface area contributed by atoms with Crippen LogP contribution in [0.15, 0.2) is 43.0 Å². The van der Waals surface area contributed by atoms with Gasteiger partial charge < -0.3 is 14.2 Å². The Morgan fingerprint density at radius 2 is 2.21 bits per heavy atom. The van der Waals surface area contributed by atoms with Gasteiger partial charge in [-0.25, -0.2) is 4.98 Å². The molecule has 1 aromatic carbocycles. The molecule has 3 rings (SSSR count). The summed E-state index contributed by atoms with van der Waals surface area (Å²) in [5.41, 5.74) is 2.74. The Balaban J connectivity index is 1.57. The number of hydrogen-bond acceptors (Lipinski definition) is 4. The van der Waals surface area contributed by atoms with Crippen molar-refractivity contribution in [3.63, 3.8) is 0 Å². The third-order valence-electron chi connectivity index (χ3n) is 4.57. The van der Waals surface area contributed by atoms with Crippen LogP contribution in [0.2, 0.25) is 0 Å². The average Bonchev–Trinajstić information content (AvgIpc) is 3.22. The molecule has 0 radical (unpaired) electrons. The molecule has 0 amide bonds.